The van der Waals surface area contributed by atoms with Crippen molar-refractivity contribution >= 4 is 43.9 Å². The summed E-state index contributed by atoms with van der Waals surface area (Å²) < 4.78 is 5.64. The van der Waals surface area contributed by atoms with Gasteiger partial charge in [0.2, 0.25) is 5.89 Å². The Labute approximate surface area is 163 Å². The Hall–Kier alpha value is -2.95. The van der Waals surface area contributed by atoms with Crippen molar-refractivity contribution in [2.75, 3.05) is 0 Å². The molecule has 0 atom stereocenters. The molecule has 3 nitrogen and oxygen atoms in total. The minimum atomic E-state index is -0.380. The minimum Gasteiger partial charge on any atom is -0.403 e. The second-order valence-electron chi connectivity index (χ2n) is 6.17. The van der Waals surface area contributed by atoms with Crippen LogP contribution in [0.5, 0.6) is 0 Å². The molecule has 0 N–H and O–H groups in total. The first kappa shape index (κ1) is 16.2. The summed E-state index contributed by atoms with van der Waals surface area (Å²) in [5.74, 6) is 0.341. The fourth-order valence-electron chi connectivity index (χ4n) is 3.25. The van der Waals surface area contributed by atoms with E-state index in [0.29, 0.717) is 21.1 Å². The van der Waals surface area contributed by atoms with Crippen LogP contribution in [-0.4, -0.2) is 4.98 Å². The monoisotopic (exact) mass is 389 g/mol. The maximum absolute atomic E-state index is 12.8. The first-order valence-electron chi connectivity index (χ1n) is 8.37. The predicted molar refractivity (Wildman–Crippen MR) is 112 cm³/mol. The summed E-state index contributed by atoms with van der Waals surface area (Å²) in [4.78, 5) is 18.1. The van der Waals surface area contributed by atoms with Gasteiger partial charge in [-0.25, -0.2) is 9.78 Å². The Morgan fingerprint density at radius 1 is 0.889 bits per heavy atom. The topological polar surface area (TPSA) is 43.1 Å². The highest BCUT2D eigenvalue weighted by atomic mass is 35.5. The van der Waals surface area contributed by atoms with Crippen molar-refractivity contribution in [3.05, 3.63) is 87.6 Å². The van der Waals surface area contributed by atoms with Gasteiger partial charge < -0.3 is 4.42 Å². The first-order valence-corrected chi connectivity index (χ1v) is 9.63. The van der Waals surface area contributed by atoms with Gasteiger partial charge in [0.1, 0.15) is 10.2 Å². The normalized spacial score (nSPS) is 11.3. The van der Waals surface area contributed by atoms with E-state index in [-0.39, 0.29) is 5.63 Å². The molecular weight excluding hydrogens is 378 g/mol. The lowest BCUT2D eigenvalue weighted by molar-refractivity contribution is 0.519. The Bertz CT molecular complexity index is 1350. The number of nitrogens with zero attached hydrogens (tertiary/aromatic N) is 1. The Kier molecular flexibility index (Phi) is 3.81. The SMILES string of the molecule is O=c1oc(-c2cccc3ccccc23)nc2scc(-c3ccc(Cl)cc3)c12. The van der Waals surface area contributed by atoms with Crippen molar-refractivity contribution in [3.8, 4) is 22.6 Å². The van der Waals surface area contributed by atoms with Crippen molar-refractivity contribution in [1.82, 2.24) is 4.98 Å². The smallest absolute Gasteiger partial charge is 0.348 e. The molecule has 5 rings (SSSR count). The van der Waals surface area contributed by atoms with Crippen LogP contribution in [0.3, 0.4) is 0 Å². The van der Waals surface area contributed by atoms with E-state index in [2.05, 4.69) is 4.98 Å². The van der Waals surface area contributed by atoms with Gasteiger partial charge in [-0.1, -0.05) is 60.1 Å². The summed E-state index contributed by atoms with van der Waals surface area (Å²) in [6.07, 6.45) is 0. The molecule has 0 amide bonds. The molecule has 2 aromatic heterocycles. The molecule has 5 heteroatoms. The number of hydrogen-bond acceptors (Lipinski definition) is 4. The highest BCUT2D eigenvalue weighted by Crippen LogP contribution is 2.34. The van der Waals surface area contributed by atoms with E-state index in [1.54, 1.807) is 12.1 Å². The van der Waals surface area contributed by atoms with E-state index in [4.69, 9.17) is 16.0 Å². The Balaban J connectivity index is 1.73. The Morgan fingerprint density at radius 2 is 1.67 bits per heavy atom. The number of fused-ring (bicyclic) bond motifs is 2. The molecular formula is C22H12ClNO2S. The standard InChI is InChI=1S/C22H12ClNO2S/c23-15-10-8-14(9-11-15)18-12-27-21-19(18)22(25)26-20(24-21)17-7-3-5-13-4-1-2-6-16(13)17/h1-12H. The zero-order chi connectivity index (χ0) is 18.4. The lowest BCUT2D eigenvalue weighted by Gasteiger charge is -2.05. The molecule has 0 bridgehead atoms. The van der Waals surface area contributed by atoms with Gasteiger partial charge in [0, 0.05) is 21.5 Å². The van der Waals surface area contributed by atoms with E-state index in [9.17, 15) is 4.79 Å². The second kappa shape index (κ2) is 6.34. The molecule has 3 aromatic carbocycles. The summed E-state index contributed by atoms with van der Waals surface area (Å²) in [7, 11) is 0. The zero-order valence-corrected chi connectivity index (χ0v) is 15.6. The quantitative estimate of drug-likeness (QED) is 0.351. The summed E-state index contributed by atoms with van der Waals surface area (Å²) in [6, 6.07) is 21.3. The fraction of sp³-hybridized carbons (Fsp3) is 0. The van der Waals surface area contributed by atoms with Gasteiger partial charge in [0.25, 0.3) is 0 Å². The van der Waals surface area contributed by atoms with Crippen LogP contribution < -0.4 is 5.63 Å². The second-order valence-corrected chi connectivity index (χ2v) is 7.46. The summed E-state index contributed by atoms with van der Waals surface area (Å²) in [5.41, 5.74) is 2.16. The number of hydrogen-bond donors (Lipinski definition) is 0. The van der Waals surface area contributed by atoms with Gasteiger partial charge in [-0.15, -0.1) is 11.3 Å². The molecule has 2 heterocycles. The highest BCUT2D eigenvalue weighted by molar-refractivity contribution is 7.17. The number of benzene rings is 3. The number of halogens is 1. The average Bonchev–Trinajstić information content (AvgIpc) is 3.13. The van der Waals surface area contributed by atoms with Gasteiger partial charge >= 0.3 is 5.63 Å². The van der Waals surface area contributed by atoms with Gasteiger partial charge in [0.05, 0.1) is 0 Å². The number of thiophene rings is 1. The molecule has 0 aliphatic rings. The maximum Gasteiger partial charge on any atom is 0.348 e. The molecule has 0 unspecified atom stereocenters. The van der Waals surface area contributed by atoms with E-state index in [1.807, 2.05) is 60.0 Å². The molecule has 0 spiro atoms. The molecule has 0 saturated carbocycles. The van der Waals surface area contributed by atoms with Crippen LogP contribution >= 0.6 is 22.9 Å². The molecule has 0 aliphatic heterocycles. The zero-order valence-electron chi connectivity index (χ0n) is 14.0. The third-order valence-corrected chi connectivity index (χ3v) is 5.67. The molecule has 0 saturated heterocycles. The summed E-state index contributed by atoms with van der Waals surface area (Å²) >= 11 is 7.41. The van der Waals surface area contributed by atoms with E-state index < -0.39 is 0 Å². The third kappa shape index (κ3) is 2.74. The van der Waals surface area contributed by atoms with Crippen LogP contribution in [0.2, 0.25) is 5.02 Å². The number of rotatable bonds is 2. The molecule has 5 aromatic rings. The van der Waals surface area contributed by atoms with Crippen molar-refractivity contribution < 1.29 is 4.42 Å². The molecule has 130 valence electrons. The maximum atomic E-state index is 12.8. The highest BCUT2D eigenvalue weighted by Gasteiger charge is 2.16. The third-order valence-electron chi connectivity index (χ3n) is 4.54. The van der Waals surface area contributed by atoms with Gasteiger partial charge in [-0.05, 0) is 34.5 Å². The van der Waals surface area contributed by atoms with Crippen molar-refractivity contribution in [1.29, 1.82) is 0 Å². The lowest BCUT2D eigenvalue weighted by atomic mass is 10.0. The van der Waals surface area contributed by atoms with Crippen LogP contribution in [0.4, 0.5) is 0 Å². The lowest BCUT2D eigenvalue weighted by Crippen LogP contribution is -2.02. The van der Waals surface area contributed by atoms with Crippen molar-refractivity contribution in [2.24, 2.45) is 0 Å². The van der Waals surface area contributed by atoms with Crippen LogP contribution in [0.1, 0.15) is 0 Å². The van der Waals surface area contributed by atoms with Gasteiger partial charge in [-0.2, -0.15) is 0 Å². The van der Waals surface area contributed by atoms with Gasteiger partial charge in [0.15, 0.2) is 0 Å². The van der Waals surface area contributed by atoms with Crippen LogP contribution in [0.15, 0.2) is 81.3 Å². The molecule has 27 heavy (non-hydrogen) atoms. The van der Waals surface area contributed by atoms with Crippen LogP contribution in [-0.2, 0) is 0 Å². The van der Waals surface area contributed by atoms with Crippen molar-refractivity contribution in [3.63, 3.8) is 0 Å². The molecule has 0 radical (unpaired) electrons. The fourth-order valence-corrected chi connectivity index (χ4v) is 4.31. The minimum absolute atomic E-state index is 0.341. The van der Waals surface area contributed by atoms with Crippen LogP contribution in [0, 0.1) is 0 Å². The largest absolute Gasteiger partial charge is 0.403 e. The predicted octanol–water partition coefficient (Wildman–Crippen LogP) is 6.39. The van der Waals surface area contributed by atoms with E-state index in [0.717, 1.165) is 27.5 Å². The van der Waals surface area contributed by atoms with Gasteiger partial charge in [-0.3, -0.25) is 0 Å². The van der Waals surface area contributed by atoms with E-state index in [1.165, 1.54) is 11.3 Å². The number of aromatic nitrogens is 1. The summed E-state index contributed by atoms with van der Waals surface area (Å²) in [6.45, 7) is 0. The summed E-state index contributed by atoms with van der Waals surface area (Å²) in [5, 5.41) is 5.18. The first-order chi connectivity index (χ1) is 13.2. The Morgan fingerprint density at radius 3 is 2.52 bits per heavy atom. The molecule has 0 fully saturated rings. The average molecular weight is 390 g/mol. The van der Waals surface area contributed by atoms with Crippen LogP contribution in [0.25, 0.3) is 43.6 Å². The van der Waals surface area contributed by atoms with E-state index >= 15 is 0 Å². The molecule has 0 aliphatic carbocycles. The van der Waals surface area contributed by atoms with Crippen molar-refractivity contribution in [2.45, 2.75) is 0 Å².